The van der Waals surface area contributed by atoms with Gasteiger partial charge in [0.2, 0.25) is 0 Å². The molecule has 0 aliphatic carbocycles. The van der Waals surface area contributed by atoms with Gasteiger partial charge >= 0.3 is 5.97 Å². The summed E-state index contributed by atoms with van der Waals surface area (Å²) in [5.41, 5.74) is 0. The maximum Gasteiger partial charge on any atom is 0.326 e. The van der Waals surface area contributed by atoms with Crippen LogP contribution in [0, 0.1) is 5.92 Å². The zero-order valence-electron chi connectivity index (χ0n) is 9.48. The zero-order chi connectivity index (χ0) is 12.0. The van der Waals surface area contributed by atoms with Crippen molar-refractivity contribution in [1.29, 1.82) is 0 Å². The first kappa shape index (κ1) is 12.7. The van der Waals surface area contributed by atoms with Crippen molar-refractivity contribution in [2.24, 2.45) is 22.7 Å². The molecule has 0 aromatic heterocycles. The lowest BCUT2D eigenvalue weighted by molar-refractivity contribution is -0.141. The number of nitrogens with zero attached hydrogens (tertiary/aromatic N) is 2. The van der Waals surface area contributed by atoms with Crippen molar-refractivity contribution in [1.82, 2.24) is 10.3 Å². The topological polar surface area (TPSA) is 106 Å². The number of hydrazine groups is 1. The van der Waals surface area contributed by atoms with Crippen molar-refractivity contribution in [3.05, 3.63) is 0 Å². The van der Waals surface area contributed by atoms with Crippen LogP contribution in [0.3, 0.4) is 0 Å². The van der Waals surface area contributed by atoms with E-state index in [1.807, 2.05) is 0 Å². The molecular weight excluding hydrogens is 210 g/mol. The lowest BCUT2D eigenvalue weighted by Crippen LogP contribution is -2.47. The molecule has 1 aliphatic heterocycles. The summed E-state index contributed by atoms with van der Waals surface area (Å²) in [4.78, 5) is 11.1. The standard InChI is InChI=1S/C9H19N5O2/c1-16-8(15)6-14(11)9(13-10)7-2-4-12-5-3-7/h7,12H,2-6,10-11H2,1H3/b13-9-. The molecule has 0 bridgehead atoms. The van der Waals surface area contributed by atoms with E-state index < -0.39 is 5.97 Å². The van der Waals surface area contributed by atoms with Crippen molar-refractivity contribution in [3.8, 4) is 0 Å². The van der Waals surface area contributed by atoms with Crippen LogP contribution in [0.25, 0.3) is 0 Å². The van der Waals surface area contributed by atoms with Crippen LogP contribution in [0.4, 0.5) is 0 Å². The molecule has 5 N–H and O–H groups in total. The molecule has 0 aromatic rings. The van der Waals surface area contributed by atoms with E-state index in [2.05, 4.69) is 15.2 Å². The van der Waals surface area contributed by atoms with Gasteiger partial charge in [0.15, 0.2) is 0 Å². The van der Waals surface area contributed by atoms with E-state index >= 15 is 0 Å². The summed E-state index contributed by atoms with van der Waals surface area (Å²) in [6.45, 7) is 1.79. The predicted molar refractivity (Wildman–Crippen MR) is 60.1 cm³/mol. The smallest absolute Gasteiger partial charge is 0.326 e. The fourth-order valence-corrected chi connectivity index (χ4v) is 1.78. The lowest BCUT2D eigenvalue weighted by Gasteiger charge is -2.28. The van der Waals surface area contributed by atoms with Gasteiger partial charge < -0.3 is 15.9 Å². The number of carbonyl (C=O) groups excluding carboxylic acids is 1. The van der Waals surface area contributed by atoms with Crippen LogP contribution in [-0.4, -0.2) is 43.6 Å². The second-order valence-electron chi connectivity index (χ2n) is 3.72. The average molecular weight is 229 g/mol. The van der Waals surface area contributed by atoms with Gasteiger partial charge in [-0.25, -0.2) is 5.84 Å². The maximum atomic E-state index is 11.1. The lowest BCUT2D eigenvalue weighted by atomic mass is 9.96. The first-order valence-corrected chi connectivity index (χ1v) is 5.26. The number of ether oxygens (including phenoxy) is 1. The Morgan fingerprint density at radius 1 is 1.56 bits per heavy atom. The molecule has 0 atom stereocenters. The number of methoxy groups -OCH3 is 1. The Hall–Kier alpha value is -1.34. The van der Waals surface area contributed by atoms with E-state index in [1.165, 1.54) is 12.1 Å². The molecule has 7 nitrogen and oxygen atoms in total. The Kier molecular flexibility index (Phi) is 5.00. The Morgan fingerprint density at radius 2 is 2.19 bits per heavy atom. The highest BCUT2D eigenvalue weighted by Crippen LogP contribution is 2.14. The summed E-state index contributed by atoms with van der Waals surface area (Å²) in [5.74, 6) is 11.4. The Labute approximate surface area is 94.8 Å². The monoisotopic (exact) mass is 229 g/mol. The summed E-state index contributed by atoms with van der Waals surface area (Å²) < 4.78 is 4.53. The number of piperidine rings is 1. The van der Waals surface area contributed by atoms with Gasteiger partial charge in [-0.2, -0.15) is 5.10 Å². The van der Waals surface area contributed by atoms with Crippen molar-refractivity contribution < 1.29 is 9.53 Å². The molecule has 0 aromatic carbocycles. The van der Waals surface area contributed by atoms with Gasteiger partial charge in [-0.3, -0.25) is 9.80 Å². The van der Waals surface area contributed by atoms with E-state index in [0.29, 0.717) is 5.84 Å². The molecule has 0 spiro atoms. The summed E-state index contributed by atoms with van der Waals surface area (Å²) in [6, 6.07) is 0. The largest absolute Gasteiger partial charge is 0.468 e. The van der Waals surface area contributed by atoms with Crippen LogP contribution < -0.4 is 17.0 Å². The first-order valence-electron chi connectivity index (χ1n) is 5.26. The normalized spacial score (nSPS) is 18.2. The second-order valence-corrected chi connectivity index (χ2v) is 3.72. The fraction of sp³-hybridized carbons (Fsp3) is 0.778. The minimum Gasteiger partial charge on any atom is -0.468 e. The molecule has 0 unspecified atom stereocenters. The highest BCUT2D eigenvalue weighted by molar-refractivity contribution is 5.87. The maximum absolute atomic E-state index is 11.1. The van der Waals surface area contributed by atoms with E-state index in [4.69, 9.17) is 11.7 Å². The highest BCUT2D eigenvalue weighted by Gasteiger charge is 2.23. The number of amidine groups is 1. The van der Waals surface area contributed by atoms with Gasteiger partial charge in [-0.05, 0) is 25.9 Å². The second kappa shape index (κ2) is 6.29. The van der Waals surface area contributed by atoms with Gasteiger partial charge in [0.05, 0.1) is 7.11 Å². The van der Waals surface area contributed by atoms with Crippen molar-refractivity contribution >= 4 is 11.8 Å². The number of carbonyl (C=O) groups is 1. The van der Waals surface area contributed by atoms with Gasteiger partial charge in [0.25, 0.3) is 0 Å². The summed E-state index contributed by atoms with van der Waals surface area (Å²) in [5, 5.41) is 8.18. The van der Waals surface area contributed by atoms with Crippen LogP contribution in [0.5, 0.6) is 0 Å². The van der Waals surface area contributed by atoms with Gasteiger partial charge in [-0.15, -0.1) is 0 Å². The number of esters is 1. The average Bonchev–Trinajstić information content (AvgIpc) is 2.31. The summed E-state index contributed by atoms with van der Waals surface area (Å²) in [6.07, 6.45) is 1.84. The molecule has 0 amide bonds. The molecule has 0 saturated carbocycles. The number of hydrazone groups is 1. The quantitative estimate of drug-likeness (QED) is 0.181. The predicted octanol–water partition coefficient (Wildman–Crippen LogP) is -1.39. The molecule has 1 fully saturated rings. The van der Waals surface area contributed by atoms with E-state index in [1.54, 1.807) is 0 Å². The minimum absolute atomic E-state index is 0.0313. The molecule has 1 aliphatic rings. The molecule has 16 heavy (non-hydrogen) atoms. The van der Waals surface area contributed by atoms with E-state index in [0.717, 1.165) is 25.9 Å². The van der Waals surface area contributed by atoms with Crippen molar-refractivity contribution in [2.75, 3.05) is 26.7 Å². The molecule has 1 heterocycles. The SMILES string of the molecule is COC(=O)CN(N)/C(=N\N)C1CCNCC1. The van der Waals surface area contributed by atoms with Crippen LogP contribution in [0.1, 0.15) is 12.8 Å². The third-order valence-electron chi connectivity index (χ3n) is 2.66. The van der Waals surface area contributed by atoms with Crippen molar-refractivity contribution in [3.63, 3.8) is 0 Å². The highest BCUT2D eigenvalue weighted by atomic mass is 16.5. The fourth-order valence-electron chi connectivity index (χ4n) is 1.78. The number of hydrogen-bond donors (Lipinski definition) is 3. The van der Waals surface area contributed by atoms with Crippen LogP contribution in [0.15, 0.2) is 5.10 Å². The molecular formula is C9H19N5O2. The molecule has 92 valence electrons. The number of rotatable bonds is 3. The molecule has 7 heteroatoms. The molecule has 0 radical (unpaired) electrons. The number of nitrogens with two attached hydrogens (primary N) is 2. The number of hydrogen-bond acceptors (Lipinski definition) is 6. The van der Waals surface area contributed by atoms with Gasteiger partial charge in [0, 0.05) is 5.92 Å². The Bertz CT molecular complexity index is 263. The van der Waals surface area contributed by atoms with Gasteiger partial charge in [0.1, 0.15) is 12.4 Å². The van der Waals surface area contributed by atoms with E-state index in [9.17, 15) is 4.79 Å². The molecule has 1 rings (SSSR count). The summed E-state index contributed by atoms with van der Waals surface area (Å²) in [7, 11) is 1.32. The van der Waals surface area contributed by atoms with Crippen molar-refractivity contribution in [2.45, 2.75) is 12.8 Å². The third kappa shape index (κ3) is 3.35. The minimum atomic E-state index is -0.405. The van der Waals surface area contributed by atoms with Gasteiger partial charge in [-0.1, -0.05) is 0 Å². The Morgan fingerprint density at radius 3 is 2.69 bits per heavy atom. The Balaban J connectivity index is 2.55. The zero-order valence-corrected chi connectivity index (χ0v) is 9.48. The van der Waals surface area contributed by atoms with Crippen LogP contribution >= 0.6 is 0 Å². The van der Waals surface area contributed by atoms with Crippen LogP contribution in [-0.2, 0) is 9.53 Å². The summed E-state index contributed by atoms with van der Waals surface area (Å²) >= 11 is 0. The first-order chi connectivity index (χ1) is 7.69. The molecule has 1 saturated heterocycles. The third-order valence-corrected chi connectivity index (χ3v) is 2.66. The van der Waals surface area contributed by atoms with Crippen LogP contribution in [0.2, 0.25) is 0 Å². The number of nitrogens with one attached hydrogen (secondary N) is 1. The van der Waals surface area contributed by atoms with E-state index in [-0.39, 0.29) is 12.5 Å².